The Kier molecular flexibility index (Phi) is 6.73. The van der Waals surface area contributed by atoms with Gasteiger partial charge in [-0.2, -0.15) is 0 Å². The third kappa shape index (κ3) is 5.35. The second-order valence-corrected chi connectivity index (χ2v) is 8.20. The zero-order chi connectivity index (χ0) is 20.0. The van der Waals surface area contributed by atoms with Gasteiger partial charge in [-0.3, -0.25) is 0 Å². The highest BCUT2D eigenvalue weighted by Gasteiger charge is 2.29. The summed E-state index contributed by atoms with van der Waals surface area (Å²) in [6, 6.07) is 10.4. The molecular formula is C22H32N4O2. The van der Waals surface area contributed by atoms with E-state index in [-0.39, 0.29) is 11.5 Å². The van der Waals surface area contributed by atoms with Crippen molar-refractivity contribution in [3.8, 4) is 0 Å². The third-order valence-corrected chi connectivity index (χ3v) is 4.88. The molecule has 1 aromatic carbocycles. The number of hydrogen-bond donors (Lipinski definition) is 2. The molecule has 152 valence electrons. The van der Waals surface area contributed by atoms with Crippen molar-refractivity contribution >= 4 is 5.96 Å². The number of nitrogens with zero attached hydrogens (tertiary/aromatic N) is 2. The minimum Gasteiger partial charge on any atom is -0.443 e. The van der Waals surface area contributed by atoms with Crippen LogP contribution in [0.3, 0.4) is 0 Å². The smallest absolute Gasteiger partial charge is 0.216 e. The van der Waals surface area contributed by atoms with Gasteiger partial charge in [-0.25, -0.2) is 9.98 Å². The molecule has 6 nitrogen and oxygen atoms in total. The standard InChI is InChI=1S/C22H32N4O2/c1-5-23-21(26-15-19-24-14-18(28-19)22(2,3)4)25-13-17-11-12-27-20(17)16-9-7-6-8-10-16/h6-10,14,17,20H,5,11-13,15H2,1-4H3,(H2,23,25,26). The lowest BCUT2D eigenvalue weighted by Gasteiger charge is -2.20. The van der Waals surface area contributed by atoms with Gasteiger partial charge in [0.1, 0.15) is 12.3 Å². The molecule has 0 radical (unpaired) electrons. The Balaban J connectivity index is 1.59. The number of nitrogens with one attached hydrogen (secondary N) is 2. The number of benzene rings is 1. The van der Waals surface area contributed by atoms with Gasteiger partial charge in [0.25, 0.3) is 0 Å². The van der Waals surface area contributed by atoms with Crippen LogP contribution >= 0.6 is 0 Å². The zero-order valence-electron chi connectivity index (χ0n) is 17.4. The summed E-state index contributed by atoms with van der Waals surface area (Å²) < 4.78 is 11.8. The van der Waals surface area contributed by atoms with Crippen molar-refractivity contribution < 1.29 is 9.15 Å². The first-order valence-corrected chi connectivity index (χ1v) is 10.1. The van der Waals surface area contributed by atoms with Crippen LogP contribution in [-0.4, -0.2) is 30.6 Å². The van der Waals surface area contributed by atoms with Gasteiger partial charge in [-0.1, -0.05) is 51.1 Å². The molecule has 1 aromatic heterocycles. The summed E-state index contributed by atoms with van der Waals surface area (Å²) in [5.74, 6) is 2.70. The van der Waals surface area contributed by atoms with Gasteiger partial charge >= 0.3 is 0 Å². The fourth-order valence-electron chi connectivity index (χ4n) is 3.30. The van der Waals surface area contributed by atoms with Crippen molar-refractivity contribution in [3.05, 3.63) is 53.7 Å². The van der Waals surface area contributed by atoms with Gasteiger partial charge in [0.15, 0.2) is 5.96 Å². The molecule has 28 heavy (non-hydrogen) atoms. The van der Waals surface area contributed by atoms with Gasteiger partial charge in [0, 0.05) is 31.0 Å². The van der Waals surface area contributed by atoms with Gasteiger partial charge in [-0.05, 0) is 18.9 Å². The molecule has 2 heterocycles. The lowest BCUT2D eigenvalue weighted by Crippen LogP contribution is -2.40. The van der Waals surface area contributed by atoms with Crippen LogP contribution in [0.1, 0.15) is 57.4 Å². The molecule has 1 fully saturated rings. The summed E-state index contributed by atoms with van der Waals surface area (Å²) in [4.78, 5) is 8.99. The van der Waals surface area contributed by atoms with Crippen molar-refractivity contribution in [2.45, 2.75) is 52.2 Å². The van der Waals surface area contributed by atoms with Crippen molar-refractivity contribution in [2.75, 3.05) is 19.7 Å². The maximum Gasteiger partial charge on any atom is 0.216 e. The van der Waals surface area contributed by atoms with Crippen LogP contribution in [0.5, 0.6) is 0 Å². The summed E-state index contributed by atoms with van der Waals surface area (Å²) in [6.07, 6.45) is 2.98. The van der Waals surface area contributed by atoms with Gasteiger partial charge < -0.3 is 19.8 Å². The Morgan fingerprint density at radius 2 is 2.00 bits per heavy atom. The van der Waals surface area contributed by atoms with E-state index in [2.05, 4.69) is 72.6 Å². The average molecular weight is 385 g/mol. The number of ether oxygens (including phenoxy) is 1. The van der Waals surface area contributed by atoms with Crippen molar-refractivity contribution in [1.29, 1.82) is 0 Å². The second kappa shape index (κ2) is 9.24. The molecule has 2 unspecified atom stereocenters. The van der Waals surface area contributed by atoms with Gasteiger partial charge in [0.2, 0.25) is 5.89 Å². The highest BCUT2D eigenvalue weighted by molar-refractivity contribution is 5.79. The van der Waals surface area contributed by atoms with Crippen LogP contribution in [0.4, 0.5) is 0 Å². The summed E-state index contributed by atoms with van der Waals surface area (Å²) in [6.45, 7) is 11.2. The molecule has 2 atom stereocenters. The summed E-state index contributed by atoms with van der Waals surface area (Å²) in [7, 11) is 0. The van der Waals surface area contributed by atoms with Crippen molar-refractivity contribution in [1.82, 2.24) is 15.6 Å². The molecule has 0 spiro atoms. The highest BCUT2D eigenvalue weighted by atomic mass is 16.5. The molecular weight excluding hydrogens is 352 g/mol. The van der Waals surface area contributed by atoms with Crippen LogP contribution in [0.15, 0.2) is 45.9 Å². The van der Waals surface area contributed by atoms with E-state index in [9.17, 15) is 0 Å². The number of hydrogen-bond acceptors (Lipinski definition) is 4. The Morgan fingerprint density at radius 3 is 2.68 bits per heavy atom. The fraction of sp³-hybridized carbons (Fsp3) is 0.545. The van der Waals surface area contributed by atoms with E-state index in [4.69, 9.17) is 9.15 Å². The predicted molar refractivity (Wildman–Crippen MR) is 111 cm³/mol. The predicted octanol–water partition coefficient (Wildman–Crippen LogP) is 3.81. The highest BCUT2D eigenvalue weighted by Crippen LogP contribution is 2.33. The Hall–Kier alpha value is -2.34. The molecule has 0 amide bonds. The van der Waals surface area contributed by atoms with Crippen LogP contribution in [-0.2, 0) is 16.7 Å². The Morgan fingerprint density at radius 1 is 1.21 bits per heavy atom. The molecule has 1 aliphatic rings. The summed E-state index contributed by atoms with van der Waals surface area (Å²) in [5.41, 5.74) is 1.19. The van der Waals surface area contributed by atoms with Crippen molar-refractivity contribution in [3.63, 3.8) is 0 Å². The van der Waals surface area contributed by atoms with E-state index in [1.807, 2.05) is 6.07 Å². The van der Waals surface area contributed by atoms with E-state index in [1.165, 1.54) is 5.56 Å². The quantitative estimate of drug-likeness (QED) is 0.585. The number of guanidine groups is 1. The molecule has 6 heteroatoms. The SMILES string of the molecule is CCNC(=NCc1ncc(C(C)(C)C)o1)NCC1CCOC1c1ccccc1. The van der Waals surface area contributed by atoms with Crippen molar-refractivity contribution in [2.24, 2.45) is 10.9 Å². The maximum absolute atomic E-state index is 5.98. The van der Waals surface area contributed by atoms with Crippen LogP contribution in [0.25, 0.3) is 0 Å². The monoisotopic (exact) mass is 384 g/mol. The van der Waals surface area contributed by atoms with Crippen LogP contribution in [0, 0.1) is 5.92 Å². The maximum atomic E-state index is 5.98. The lowest BCUT2D eigenvalue weighted by molar-refractivity contribution is 0.0915. The Bertz CT molecular complexity index is 764. The Labute approximate surface area is 167 Å². The van der Waals surface area contributed by atoms with E-state index in [1.54, 1.807) is 6.20 Å². The third-order valence-electron chi connectivity index (χ3n) is 4.88. The number of aromatic nitrogens is 1. The first-order valence-electron chi connectivity index (χ1n) is 10.1. The molecule has 2 aromatic rings. The molecule has 2 N–H and O–H groups in total. The lowest BCUT2D eigenvalue weighted by atomic mass is 9.94. The van der Waals surface area contributed by atoms with Crippen LogP contribution < -0.4 is 10.6 Å². The molecule has 0 aliphatic carbocycles. The molecule has 3 rings (SSSR count). The minimum atomic E-state index is -0.0490. The van der Waals surface area contributed by atoms with E-state index < -0.39 is 0 Å². The van der Waals surface area contributed by atoms with Crippen LogP contribution in [0.2, 0.25) is 0 Å². The number of rotatable bonds is 6. The van der Waals surface area contributed by atoms with Gasteiger partial charge in [-0.15, -0.1) is 0 Å². The number of oxazole rings is 1. The molecule has 0 saturated carbocycles. The summed E-state index contributed by atoms with van der Waals surface area (Å²) >= 11 is 0. The van der Waals surface area contributed by atoms with E-state index in [0.29, 0.717) is 18.4 Å². The second-order valence-electron chi connectivity index (χ2n) is 8.20. The minimum absolute atomic E-state index is 0.0490. The number of aliphatic imine (C=N–C) groups is 1. The first-order chi connectivity index (χ1) is 13.5. The normalized spacial score (nSPS) is 20.4. The molecule has 1 aliphatic heterocycles. The summed E-state index contributed by atoms with van der Waals surface area (Å²) in [5, 5.41) is 6.76. The fourth-order valence-corrected chi connectivity index (χ4v) is 3.30. The van der Waals surface area contributed by atoms with E-state index >= 15 is 0 Å². The topological polar surface area (TPSA) is 71.7 Å². The van der Waals surface area contributed by atoms with Gasteiger partial charge in [0.05, 0.1) is 12.3 Å². The first kappa shape index (κ1) is 20.4. The average Bonchev–Trinajstić information content (AvgIpc) is 3.34. The molecule has 0 bridgehead atoms. The zero-order valence-corrected chi connectivity index (χ0v) is 17.4. The largest absolute Gasteiger partial charge is 0.443 e. The molecule has 1 saturated heterocycles. The van der Waals surface area contributed by atoms with E-state index in [0.717, 1.165) is 37.8 Å².